The monoisotopic (exact) mass is 210 g/mol. The average Bonchev–Trinajstić information content (AvgIpc) is 1.99. The molecule has 6 heteroatoms. The van der Waals surface area contributed by atoms with E-state index in [0.717, 1.165) is 0 Å². The molecule has 0 aromatic heterocycles. The highest BCUT2D eigenvalue weighted by molar-refractivity contribution is 4.94. The number of ether oxygens (including phenoxy) is 1. The highest BCUT2D eigenvalue weighted by Crippen LogP contribution is 2.35. The Kier molecular flexibility index (Phi) is 2.45. The maximum absolute atomic E-state index is 12.6. The van der Waals surface area contributed by atoms with Crippen LogP contribution in [-0.2, 0) is 4.74 Å². The van der Waals surface area contributed by atoms with Gasteiger partial charge in [0.25, 0.3) is 0 Å². The van der Waals surface area contributed by atoms with Crippen LogP contribution in [0.2, 0.25) is 0 Å². The van der Waals surface area contributed by atoms with Gasteiger partial charge in [-0.15, -0.1) is 0 Å². The number of morpholine rings is 1. The van der Waals surface area contributed by atoms with Crippen molar-refractivity contribution in [2.75, 3.05) is 13.2 Å². The second-order valence-corrected chi connectivity index (χ2v) is 3.95. The minimum absolute atomic E-state index is 0.118. The number of nitrogens with two attached hydrogens (primary N) is 1. The lowest BCUT2D eigenvalue weighted by atomic mass is 9.91. The van der Waals surface area contributed by atoms with E-state index in [2.05, 4.69) is 0 Å². The first kappa shape index (κ1) is 10.2. The molecule has 0 spiro atoms. The van der Waals surface area contributed by atoms with Crippen LogP contribution in [0.25, 0.3) is 0 Å². The van der Waals surface area contributed by atoms with Crippen molar-refractivity contribution in [3.63, 3.8) is 0 Å². The van der Waals surface area contributed by atoms with Crippen LogP contribution in [0.3, 0.4) is 0 Å². The molecule has 2 rings (SSSR count). The third kappa shape index (κ3) is 1.74. The summed E-state index contributed by atoms with van der Waals surface area (Å²) in [6, 6.07) is -1.29. The zero-order chi connectivity index (χ0) is 10.3. The van der Waals surface area contributed by atoms with Crippen molar-refractivity contribution in [3.05, 3.63) is 0 Å². The van der Waals surface area contributed by atoms with Crippen molar-refractivity contribution in [3.8, 4) is 0 Å². The van der Waals surface area contributed by atoms with Crippen molar-refractivity contribution < 1.29 is 17.9 Å². The van der Waals surface area contributed by atoms with Gasteiger partial charge in [0, 0.05) is 18.1 Å². The van der Waals surface area contributed by atoms with Gasteiger partial charge in [-0.3, -0.25) is 0 Å². The van der Waals surface area contributed by atoms with Gasteiger partial charge in [0.15, 0.2) is 0 Å². The number of halogens is 3. The Labute approximate surface area is 80.0 Å². The Bertz CT molecular complexity index is 207. The summed E-state index contributed by atoms with van der Waals surface area (Å²) in [4.78, 5) is 0.611. The van der Waals surface area contributed by atoms with Gasteiger partial charge in [-0.05, 0) is 12.8 Å². The fourth-order valence-corrected chi connectivity index (χ4v) is 2.37. The SMILES string of the molecule is NC1CC2COCC(C1)N2C(F)(F)F. The van der Waals surface area contributed by atoms with E-state index in [1.165, 1.54) is 0 Å². The maximum atomic E-state index is 12.6. The summed E-state index contributed by atoms with van der Waals surface area (Å²) in [5.41, 5.74) is 5.68. The molecule has 0 amide bonds. The molecule has 14 heavy (non-hydrogen) atoms. The third-order valence-corrected chi connectivity index (χ3v) is 2.85. The van der Waals surface area contributed by atoms with Crippen LogP contribution in [0, 0.1) is 0 Å². The zero-order valence-electron chi connectivity index (χ0n) is 7.63. The van der Waals surface area contributed by atoms with Crippen LogP contribution < -0.4 is 5.73 Å². The fourth-order valence-electron chi connectivity index (χ4n) is 2.37. The van der Waals surface area contributed by atoms with Crippen LogP contribution in [-0.4, -0.2) is 42.5 Å². The Morgan fingerprint density at radius 2 is 1.64 bits per heavy atom. The summed E-state index contributed by atoms with van der Waals surface area (Å²) in [5.74, 6) is 0. The summed E-state index contributed by atoms with van der Waals surface area (Å²) in [7, 11) is 0. The number of fused-ring (bicyclic) bond motifs is 2. The van der Waals surface area contributed by atoms with Gasteiger partial charge in [-0.1, -0.05) is 0 Å². The molecule has 2 unspecified atom stereocenters. The molecule has 0 aromatic rings. The highest BCUT2D eigenvalue weighted by atomic mass is 19.4. The quantitative estimate of drug-likeness (QED) is 0.598. The molecular weight excluding hydrogens is 197 g/mol. The second kappa shape index (κ2) is 3.36. The molecule has 2 fully saturated rings. The normalized spacial score (nSPS) is 39.9. The Balaban J connectivity index is 2.17. The van der Waals surface area contributed by atoms with Crippen molar-refractivity contribution in [1.82, 2.24) is 4.90 Å². The summed E-state index contributed by atoms with van der Waals surface area (Å²) >= 11 is 0. The fraction of sp³-hybridized carbons (Fsp3) is 1.00. The third-order valence-electron chi connectivity index (χ3n) is 2.85. The highest BCUT2D eigenvalue weighted by Gasteiger charge is 2.51. The van der Waals surface area contributed by atoms with Crippen LogP contribution >= 0.6 is 0 Å². The van der Waals surface area contributed by atoms with Crippen LogP contribution in [0.5, 0.6) is 0 Å². The van der Waals surface area contributed by atoms with Crippen LogP contribution in [0.1, 0.15) is 12.8 Å². The van der Waals surface area contributed by atoms with E-state index < -0.39 is 18.4 Å². The summed E-state index contributed by atoms with van der Waals surface area (Å²) in [6.45, 7) is 0.285. The van der Waals surface area contributed by atoms with Gasteiger partial charge >= 0.3 is 6.30 Å². The van der Waals surface area contributed by atoms with Gasteiger partial charge in [0.2, 0.25) is 0 Å². The standard InChI is InChI=1S/C8H13F3N2O/c9-8(10,11)13-6-1-5(12)2-7(13)4-14-3-6/h5-7H,1-4,12H2. The maximum Gasteiger partial charge on any atom is 0.460 e. The van der Waals surface area contributed by atoms with Gasteiger partial charge in [0.1, 0.15) is 0 Å². The van der Waals surface area contributed by atoms with E-state index in [-0.39, 0.29) is 19.3 Å². The molecule has 2 saturated heterocycles. The molecule has 2 heterocycles. The first-order valence-electron chi connectivity index (χ1n) is 4.67. The molecule has 3 nitrogen and oxygen atoms in total. The lowest BCUT2D eigenvalue weighted by molar-refractivity contribution is -0.301. The number of alkyl halides is 3. The van der Waals surface area contributed by atoms with E-state index in [0.29, 0.717) is 17.7 Å². The molecular formula is C8H13F3N2O. The van der Waals surface area contributed by atoms with Crippen molar-refractivity contribution in [2.24, 2.45) is 5.73 Å². The lowest BCUT2D eigenvalue weighted by Gasteiger charge is -2.47. The minimum Gasteiger partial charge on any atom is -0.378 e. The first-order valence-corrected chi connectivity index (χ1v) is 4.67. The van der Waals surface area contributed by atoms with Crippen molar-refractivity contribution >= 4 is 0 Å². The number of hydrogen-bond acceptors (Lipinski definition) is 3. The molecule has 2 bridgehead atoms. The largest absolute Gasteiger partial charge is 0.460 e. The van der Waals surface area contributed by atoms with Gasteiger partial charge in [-0.25, -0.2) is 4.90 Å². The molecule has 0 saturated carbocycles. The molecule has 0 radical (unpaired) electrons. The van der Waals surface area contributed by atoms with Crippen molar-refractivity contribution in [1.29, 1.82) is 0 Å². The number of nitrogens with zero attached hydrogens (tertiary/aromatic N) is 1. The second-order valence-electron chi connectivity index (χ2n) is 3.95. The summed E-state index contributed by atoms with van der Waals surface area (Å²) in [5, 5.41) is 0. The predicted molar refractivity (Wildman–Crippen MR) is 43.5 cm³/mol. The molecule has 2 aliphatic heterocycles. The van der Waals surface area contributed by atoms with Gasteiger partial charge in [-0.2, -0.15) is 13.2 Å². The molecule has 2 aliphatic rings. The average molecular weight is 210 g/mol. The summed E-state index contributed by atoms with van der Waals surface area (Å²) in [6.07, 6.45) is -3.51. The molecule has 82 valence electrons. The number of rotatable bonds is 0. The van der Waals surface area contributed by atoms with Gasteiger partial charge < -0.3 is 10.5 Å². The Hall–Kier alpha value is -0.330. The van der Waals surface area contributed by atoms with Crippen LogP contribution in [0.4, 0.5) is 13.2 Å². The topological polar surface area (TPSA) is 38.5 Å². The lowest BCUT2D eigenvalue weighted by Crippen LogP contribution is -2.63. The van der Waals surface area contributed by atoms with Gasteiger partial charge in [0.05, 0.1) is 13.2 Å². The minimum atomic E-state index is -4.25. The number of piperidine rings is 1. The predicted octanol–water partition coefficient (Wildman–Crippen LogP) is 0.697. The summed E-state index contributed by atoms with van der Waals surface area (Å²) < 4.78 is 43.0. The smallest absolute Gasteiger partial charge is 0.378 e. The first-order chi connectivity index (χ1) is 6.48. The van der Waals surface area contributed by atoms with E-state index in [4.69, 9.17) is 10.5 Å². The number of hydrogen-bond donors (Lipinski definition) is 1. The van der Waals surface area contributed by atoms with Crippen LogP contribution in [0.15, 0.2) is 0 Å². The molecule has 2 atom stereocenters. The zero-order valence-corrected chi connectivity index (χ0v) is 7.63. The van der Waals surface area contributed by atoms with E-state index in [9.17, 15) is 13.2 Å². The van der Waals surface area contributed by atoms with E-state index >= 15 is 0 Å². The van der Waals surface area contributed by atoms with Crippen molar-refractivity contribution in [2.45, 2.75) is 37.3 Å². The molecule has 0 aliphatic carbocycles. The molecule has 2 N–H and O–H groups in total. The Morgan fingerprint density at radius 3 is 2.07 bits per heavy atom. The molecule has 0 aromatic carbocycles. The van der Waals surface area contributed by atoms with E-state index in [1.54, 1.807) is 0 Å². The van der Waals surface area contributed by atoms with E-state index in [1.807, 2.05) is 0 Å². The Morgan fingerprint density at radius 1 is 1.14 bits per heavy atom.